The predicted molar refractivity (Wildman–Crippen MR) is 207 cm³/mol. The van der Waals surface area contributed by atoms with E-state index in [1.165, 1.54) is 57.3 Å². The summed E-state index contributed by atoms with van der Waals surface area (Å²) in [5.74, 6) is -0.299. The van der Waals surface area contributed by atoms with Crippen LogP contribution in [-0.4, -0.2) is 116 Å². The fraction of sp³-hybridized carbons (Fsp3) is 0.632. The number of nitrogens with zero attached hydrogens (tertiary/aromatic N) is 3. The van der Waals surface area contributed by atoms with Crippen molar-refractivity contribution in [2.45, 2.75) is 89.3 Å². The van der Waals surface area contributed by atoms with E-state index in [9.17, 15) is 26.4 Å². The van der Waals surface area contributed by atoms with Gasteiger partial charge in [0, 0.05) is 31.9 Å². The maximum atomic E-state index is 12.5. The molecule has 0 radical (unpaired) electrons. The molecule has 14 nitrogen and oxygen atoms in total. The highest BCUT2D eigenvalue weighted by molar-refractivity contribution is 7.90. The van der Waals surface area contributed by atoms with E-state index in [1.807, 2.05) is 23.9 Å². The van der Waals surface area contributed by atoms with Gasteiger partial charge >= 0.3 is 6.03 Å². The van der Waals surface area contributed by atoms with Crippen LogP contribution in [0.15, 0.2) is 17.1 Å². The van der Waals surface area contributed by atoms with Gasteiger partial charge in [0.05, 0.1) is 42.6 Å². The highest BCUT2D eigenvalue weighted by Gasteiger charge is 2.29. The first-order valence-electron chi connectivity index (χ1n) is 19.1. The minimum atomic E-state index is -3.77. The molecule has 0 spiro atoms. The number of anilines is 1. The Hall–Kier alpha value is -3.21. The fourth-order valence-electron chi connectivity index (χ4n) is 8.69. The van der Waals surface area contributed by atoms with Gasteiger partial charge in [0.25, 0.3) is 0 Å². The molecule has 8 rings (SSSR count). The van der Waals surface area contributed by atoms with E-state index in [4.69, 9.17) is 14.6 Å². The SMILES string of the molecule is CN1CCOC(CS(=O)(=O)NC(=O)Nc2c3c(cc4c2CCC4)CCC3)C1.CN1CCOC(CS(N)(=O)=O)C1.O=C=Nc1c2c(cc3c1CCC3)CCC2. The average Bonchev–Trinajstić information content (AvgIpc) is 3.92. The molecule has 0 bridgehead atoms. The van der Waals surface area contributed by atoms with Crippen LogP contribution in [0.5, 0.6) is 0 Å². The Labute approximate surface area is 319 Å². The number of isocyanates is 1. The van der Waals surface area contributed by atoms with Gasteiger partial charge in [-0.25, -0.2) is 36.3 Å². The zero-order valence-electron chi connectivity index (χ0n) is 31.5. The van der Waals surface area contributed by atoms with Gasteiger partial charge in [-0.2, -0.15) is 4.99 Å². The number of urea groups is 1. The Bertz CT molecular complexity index is 1920. The molecule has 6 aliphatic rings. The van der Waals surface area contributed by atoms with Crippen molar-refractivity contribution in [3.8, 4) is 0 Å². The zero-order valence-corrected chi connectivity index (χ0v) is 33.1. The Balaban J connectivity index is 0.000000154. The van der Waals surface area contributed by atoms with E-state index < -0.39 is 32.2 Å². The second-order valence-corrected chi connectivity index (χ2v) is 18.7. The lowest BCUT2D eigenvalue weighted by Crippen LogP contribution is -2.46. The van der Waals surface area contributed by atoms with Gasteiger partial charge in [-0.05, 0) is 136 Å². The Morgan fingerprint density at radius 3 is 1.65 bits per heavy atom. The molecule has 4 aliphatic carbocycles. The molecule has 4 N–H and O–H groups in total. The molecule has 2 heterocycles. The highest BCUT2D eigenvalue weighted by atomic mass is 32.2. The van der Waals surface area contributed by atoms with Crippen LogP contribution in [0.2, 0.25) is 0 Å². The Morgan fingerprint density at radius 2 is 1.20 bits per heavy atom. The Morgan fingerprint density at radius 1 is 0.759 bits per heavy atom. The van der Waals surface area contributed by atoms with Crippen LogP contribution in [0.1, 0.15) is 70.2 Å². The van der Waals surface area contributed by atoms with Gasteiger partial charge in [0.15, 0.2) is 0 Å². The van der Waals surface area contributed by atoms with Crippen molar-refractivity contribution in [3.05, 3.63) is 56.6 Å². The van der Waals surface area contributed by atoms with Crippen LogP contribution in [0.4, 0.5) is 16.2 Å². The molecule has 2 amide bonds. The van der Waals surface area contributed by atoms with E-state index in [0.29, 0.717) is 26.3 Å². The normalized spacial score (nSPS) is 22.0. The summed E-state index contributed by atoms with van der Waals surface area (Å²) in [6.07, 6.45) is 14.0. The van der Waals surface area contributed by atoms with Gasteiger partial charge in [-0.3, -0.25) is 0 Å². The first-order chi connectivity index (χ1) is 25.8. The molecule has 2 saturated heterocycles. The second-order valence-electron chi connectivity index (χ2n) is 15.3. The molecule has 16 heteroatoms. The number of ether oxygens (including phenoxy) is 2. The van der Waals surface area contributed by atoms with E-state index >= 15 is 0 Å². The van der Waals surface area contributed by atoms with Crippen molar-refractivity contribution >= 4 is 43.5 Å². The number of nitrogens with one attached hydrogen (secondary N) is 2. The number of nitrogens with two attached hydrogens (primary N) is 1. The number of carbonyl (C=O) groups excluding carboxylic acids is 2. The molecule has 2 aromatic rings. The number of amides is 2. The lowest BCUT2D eigenvalue weighted by Gasteiger charge is -2.29. The number of rotatable bonds is 7. The van der Waals surface area contributed by atoms with Crippen LogP contribution in [-0.2, 0) is 85.7 Å². The molecule has 2 unspecified atom stereocenters. The molecule has 0 aromatic heterocycles. The van der Waals surface area contributed by atoms with Crippen molar-refractivity contribution in [1.82, 2.24) is 14.5 Å². The second kappa shape index (κ2) is 17.7. The first-order valence-corrected chi connectivity index (χ1v) is 22.5. The van der Waals surface area contributed by atoms with Crippen molar-refractivity contribution < 1.29 is 35.9 Å². The number of aliphatic imine (C=N–C) groups is 1. The summed E-state index contributed by atoms with van der Waals surface area (Å²) >= 11 is 0. The summed E-state index contributed by atoms with van der Waals surface area (Å²) in [5, 5.41) is 7.75. The number of fused-ring (bicyclic) bond motifs is 4. The van der Waals surface area contributed by atoms with Crippen LogP contribution in [0.25, 0.3) is 0 Å². The number of hydrogen-bond acceptors (Lipinski definition) is 11. The molecule has 296 valence electrons. The van der Waals surface area contributed by atoms with Crippen LogP contribution < -0.4 is 15.2 Å². The van der Waals surface area contributed by atoms with Crippen molar-refractivity contribution in [2.75, 3.05) is 70.3 Å². The van der Waals surface area contributed by atoms with Crippen molar-refractivity contribution in [3.63, 3.8) is 0 Å². The standard InChI is InChI=1S/C19H27N3O4S.C13H13NO.C6H14N2O3S/c1-22-8-9-26-15(11-22)12-27(24,25)21-19(23)20-18-16-6-2-4-13(16)10-14-5-3-7-17(14)18;15-8-14-13-11-5-1-3-9(11)7-10-4-2-6-12(10)13;1-8-2-3-11-6(4-8)5-12(7,9)10/h10,15H,2-9,11-12H2,1H3,(H2,20,21,23);7H,1-6H2;6H,2-5H2,1H3,(H2,7,9,10). The summed E-state index contributed by atoms with van der Waals surface area (Å²) in [5.41, 5.74) is 12.2. The Kier molecular flexibility index (Phi) is 13.3. The molecular formula is C38H54N6O8S2. The summed E-state index contributed by atoms with van der Waals surface area (Å²) in [6, 6.07) is 3.95. The summed E-state index contributed by atoms with van der Waals surface area (Å²) < 4.78 is 59.1. The smallest absolute Gasteiger partial charge is 0.332 e. The zero-order chi connectivity index (χ0) is 38.5. The van der Waals surface area contributed by atoms with Gasteiger partial charge < -0.3 is 24.6 Å². The molecule has 2 fully saturated rings. The molecular weight excluding hydrogens is 733 g/mol. The monoisotopic (exact) mass is 786 g/mol. The lowest BCUT2D eigenvalue weighted by molar-refractivity contribution is -0.00701. The number of aryl methyl sites for hydroxylation is 4. The van der Waals surface area contributed by atoms with E-state index in [-0.39, 0.29) is 17.6 Å². The van der Waals surface area contributed by atoms with Crippen LogP contribution >= 0.6 is 0 Å². The van der Waals surface area contributed by atoms with Gasteiger partial charge in [-0.15, -0.1) is 0 Å². The molecule has 54 heavy (non-hydrogen) atoms. The third-order valence-corrected chi connectivity index (χ3v) is 13.2. The highest BCUT2D eigenvalue weighted by Crippen LogP contribution is 2.40. The van der Waals surface area contributed by atoms with E-state index in [2.05, 4.69) is 27.2 Å². The van der Waals surface area contributed by atoms with Crippen molar-refractivity contribution in [2.24, 2.45) is 10.1 Å². The lowest BCUT2D eigenvalue weighted by atomic mass is 9.99. The van der Waals surface area contributed by atoms with Crippen LogP contribution in [0, 0.1) is 0 Å². The average molecular weight is 787 g/mol. The maximum absolute atomic E-state index is 12.5. The predicted octanol–water partition coefficient (Wildman–Crippen LogP) is 2.68. The molecule has 2 aliphatic heterocycles. The number of primary sulfonamides is 1. The van der Waals surface area contributed by atoms with Crippen molar-refractivity contribution in [1.29, 1.82) is 0 Å². The minimum Gasteiger partial charge on any atom is -0.374 e. The van der Waals surface area contributed by atoms with E-state index in [0.717, 1.165) is 88.7 Å². The molecule has 2 aromatic carbocycles. The minimum absolute atomic E-state index is 0.0860. The summed E-state index contributed by atoms with van der Waals surface area (Å²) in [7, 11) is -3.31. The molecule has 0 saturated carbocycles. The molecule has 2 atom stereocenters. The van der Waals surface area contributed by atoms with Gasteiger partial charge in [0.2, 0.25) is 26.1 Å². The third kappa shape index (κ3) is 10.5. The maximum Gasteiger partial charge on any atom is 0.332 e. The quantitative estimate of drug-likeness (QED) is 0.278. The van der Waals surface area contributed by atoms with Crippen LogP contribution in [0.3, 0.4) is 0 Å². The number of morpholine rings is 2. The van der Waals surface area contributed by atoms with Gasteiger partial charge in [0.1, 0.15) is 0 Å². The summed E-state index contributed by atoms with van der Waals surface area (Å²) in [4.78, 5) is 31.0. The number of hydrogen-bond donors (Lipinski definition) is 3. The number of likely N-dealkylation sites (N-methyl/N-ethyl adjacent to an activating group) is 2. The summed E-state index contributed by atoms with van der Waals surface area (Å²) in [6.45, 7) is 3.90. The number of benzene rings is 2. The fourth-order valence-corrected chi connectivity index (χ4v) is 10.5. The number of sulfonamides is 2. The third-order valence-electron chi connectivity index (χ3n) is 11.1. The van der Waals surface area contributed by atoms with E-state index in [1.54, 1.807) is 6.08 Å². The largest absolute Gasteiger partial charge is 0.374 e. The topological polar surface area (TPSA) is 190 Å². The first kappa shape index (κ1) is 40.5. The number of carbonyl (C=O) groups is 1. The van der Waals surface area contributed by atoms with Gasteiger partial charge in [-0.1, -0.05) is 12.1 Å².